The van der Waals surface area contributed by atoms with E-state index in [1.54, 1.807) is 19.9 Å². The summed E-state index contributed by atoms with van der Waals surface area (Å²) in [7, 11) is 0. The van der Waals surface area contributed by atoms with Crippen LogP contribution in [0.15, 0.2) is 10.6 Å². The molecule has 0 atom stereocenters. The van der Waals surface area contributed by atoms with Crippen molar-refractivity contribution in [2.45, 2.75) is 27.3 Å². The van der Waals surface area contributed by atoms with Crippen molar-refractivity contribution >= 4 is 5.97 Å². The smallest absolute Gasteiger partial charge is 0.337 e. The first-order chi connectivity index (χ1) is 7.99. The minimum atomic E-state index is -0.925. The Labute approximate surface area is 97.9 Å². The molecule has 0 radical (unpaired) electrons. The van der Waals surface area contributed by atoms with Crippen molar-refractivity contribution < 1.29 is 14.4 Å². The number of aryl methyl sites for hydroxylation is 2. The van der Waals surface area contributed by atoms with Crippen molar-refractivity contribution in [1.29, 1.82) is 0 Å². The highest BCUT2D eigenvalue weighted by molar-refractivity contribution is 5.89. The molecule has 17 heavy (non-hydrogen) atoms. The molecule has 90 valence electrons. The minimum Gasteiger partial charge on any atom is -0.478 e. The van der Waals surface area contributed by atoms with E-state index in [-0.39, 0.29) is 0 Å². The van der Waals surface area contributed by atoms with Gasteiger partial charge in [0.15, 0.2) is 5.82 Å². The van der Waals surface area contributed by atoms with Crippen LogP contribution >= 0.6 is 0 Å². The zero-order chi connectivity index (χ0) is 12.6. The summed E-state index contributed by atoms with van der Waals surface area (Å²) in [5, 5.41) is 12.7. The molecule has 0 aliphatic rings. The molecule has 0 bridgehead atoms. The Morgan fingerprint density at radius 3 is 2.65 bits per heavy atom. The molecule has 0 aromatic carbocycles. The van der Waals surface area contributed by atoms with E-state index >= 15 is 0 Å². The molecule has 0 saturated carbocycles. The maximum Gasteiger partial charge on any atom is 0.337 e. The lowest BCUT2D eigenvalue weighted by Crippen LogP contribution is -2.06. The van der Waals surface area contributed by atoms with Gasteiger partial charge < -0.3 is 14.2 Å². The topological polar surface area (TPSA) is 81.2 Å². The van der Waals surface area contributed by atoms with Crippen LogP contribution in [0.1, 0.15) is 33.5 Å². The van der Waals surface area contributed by atoms with Crippen molar-refractivity contribution in [2.24, 2.45) is 0 Å². The molecule has 2 aromatic rings. The highest BCUT2D eigenvalue weighted by atomic mass is 16.5. The van der Waals surface area contributed by atoms with Gasteiger partial charge in [-0.2, -0.15) is 4.98 Å². The maximum absolute atomic E-state index is 11.0. The summed E-state index contributed by atoms with van der Waals surface area (Å²) in [6.07, 6.45) is 0. The van der Waals surface area contributed by atoms with Crippen LogP contribution in [-0.2, 0) is 6.54 Å². The number of carboxylic acid groups (broad SMARTS) is 1. The first kappa shape index (κ1) is 11.4. The van der Waals surface area contributed by atoms with Gasteiger partial charge in [0.1, 0.15) is 6.54 Å². The Balaban J connectivity index is 2.36. The average Bonchev–Trinajstić information content (AvgIpc) is 2.77. The van der Waals surface area contributed by atoms with E-state index in [2.05, 4.69) is 10.1 Å². The lowest BCUT2D eigenvalue weighted by atomic mass is 10.2. The molecule has 0 aliphatic carbocycles. The normalized spacial score (nSPS) is 10.8. The van der Waals surface area contributed by atoms with Gasteiger partial charge in [0.2, 0.25) is 5.89 Å². The summed E-state index contributed by atoms with van der Waals surface area (Å²) in [5.74, 6) is 0.119. The van der Waals surface area contributed by atoms with E-state index in [0.29, 0.717) is 29.5 Å². The van der Waals surface area contributed by atoms with Crippen LogP contribution in [0.3, 0.4) is 0 Å². The molecule has 0 saturated heterocycles. The Morgan fingerprint density at radius 2 is 2.18 bits per heavy atom. The van der Waals surface area contributed by atoms with Crippen LogP contribution in [0.4, 0.5) is 0 Å². The molecule has 2 heterocycles. The highest BCUT2D eigenvalue weighted by Gasteiger charge is 2.16. The fraction of sp³-hybridized carbons (Fsp3) is 0.364. The SMILES string of the molecule is Cc1noc(Cn2c(C)cc(C(=O)O)c2C)n1. The summed E-state index contributed by atoms with van der Waals surface area (Å²) in [4.78, 5) is 15.1. The molecular formula is C11H13N3O3. The second kappa shape index (κ2) is 4.04. The fourth-order valence-corrected chi connectivity index (χ4v) is 1.80. The Bertz CT molecular complexity index is 569. The van der Waals surface area contributed by atoms with Gasteiger partial charge in [0, 0.05) is 11.4 Å². The van der Waals surface area contributed by atoms with Crippen LogP contribution in [0.2, 0.25) is 0 Å². The van der Waals surface area contributed by atoms with E-state index in [1.807, 2.05) is 11.5 Å². The number of hydrogen-bond donors (Lipinski definition) is 1. The molecular weight excluding hydrogens is 222 g/mol. The highest BCUT2D eigenvalue weighted by Crippen LogP contribution is 2.16. The van der Waals surface area contributed by atoms with Gasteiger partial charge in [-0.1, -0.05) is 5.16 Å². The number of rotatable bonds is 3. The molecule has 0 amide bonds. The summed E-state index contributed by atoms with van der Waals surface area (Å²) < 4.78 is 6.86. The molecule has 0 unspecified atom stereocenters. The maximum atomic E-state index is 11.0. The van der Waals surface area contributed by atoms with E-state index in [0.717, 1.165) is 5.69 Å². The van der Waals surface area contributed by atoms with Crippen molar-refractivity contribution in [2.75, 3.05) is 0 Å². The van der Waals surface area contributed by atoms with Crippen LogP contribution in [0.5, 0.6) is 0 Å². The average molecular weight is 235 g/mol. The Hall–Kier alpha value is -2.11. The van der Waals surface area contributed by atoms with E-state index in [4.69, 9.17) is 9.63 Å². The van der Waals surface area contributed by atoms with Crippen molar-refractivity contribution in [3.05, 3.63) is 34.7 Å². The molecule has 2 aromatic heterocycles. The monoisotopic (exact) mass is 235 g/mol. The number of aromatic carboxylic acids is 1. The van der Waals surface area contributed by atoms with Crippen LogP contribution < -0.4 is 0 Å². The zero-order valence-electron chi connectivity index (χ0n) is 9.89. The van der Waals surface area contributed by atoms with Crippen LogP contribution in [-0.4, -0.2) is 25.8 Å². The molecule has 0 fully saturated rings. The second-order valence-corrected chi connectivity index (χ2v) is 3.91. The van der Waals surface area contributed by atoms with Crippen molar-refractivity contribution in [3.8, 4) is 0 Å². The molecule has 0 aliphatic heterocycles. The second-order valence-electron chi connectivity index (χ2n) is 3.91. The molecule has 6 heteroatoms. The van der Waals surface area contributed by atoms with Gasteiger partial charge in [-0.15, -0.1) is 0 Å². The third-order valence-electron chi connectivity index (χ3n) is 2.67. The predicted octanol–water partition coefficient (Wildman–Crippen LogP) is 1.54. The third-order valence-corrected chi connectivity index (χ3v) is 2.67. The van der Waals surface area contributed by atoms with Crippen LogP contribution in [0, 0.1) is 20.8 Å². The number of hydrogen-bond acceptors (Lipinski definition) is 4. The molecule has 6 nitrogen and oxygen atoms in total. The summed E-state index contributed by atoms with van der Waals surface area (Å²) in [6.45, 7) is 5.75. The van der Waals surface area contributed by atoms with Gasteiger partial charge in [0.25, 0.3) is 0 Å². The fourth-order valence-electron chi connectivity index (χ4n) is 1.80. The van der Waals surface area contributed by atoms with E-state index in [9.17, 15) is 4.79 Å². The molecule has 0 spiro atoms. The Kier molecular flexibility index (Phi) is 2.71. The number of aromatic nitrogens is 3. The Morgan fingerprint density at radius 1 is 1.47 bits per heavy atom. The standard InChI is InChI=1S/C11H13N3O3/c1-6-4-9(11(15)16)7(2)14(6)5-10-12-8(3)13-17-10/h4H,5H2,1-3H3,(H,15,16). The van der Waals surface area contributed by atoms with Gasteiger partial charge in [-0.25, -0.2) is 4.79 Å². The quantitative estimate of drug-likeness (QED) is 0.872. The number of carboxylic acids is 1. The van der Waals surface area contributed by atoms with Gasteiger partial charge in [-0.05, 0) is 26.8 Å². The third kappa shape index (κ3) is 2.06. The largest absolute Gasteiger partial charge is 0.478 e. The molecule has 2 rings (SSSR count). The van der Waals surface area contributed by atoms with Crippen molar-refractivity contribution in [1.82, 2.24) is 14.7 Å². The predicted molar refractivity (Wildman–Crippen MR) is 59.0 cm³/mol. The number of carbonyl (C=O) groups is 1. The van der Waals surface area contributed by atoms with Gasteiger partial charge >= 0.3 is 5.97 Å². The van der Waals surface area contributed by atoms with E-state index < -0.39 is 5.97 Å². The first-order valence-electron chi connectivity index (χ1n) is 5.18. The first-order valence-corrected chi connectivity index (χ1v) is 5.18. The van der Waals surface area contributed by atoms with E-state index in [1.165, 1.54) is 0 Å². The zero-order valence-corrected chi connectivity index (χ0v) is 9.89. The lowest BCUT2D eigenvalue weighted by Gasteiger charge is -2.05. The number of nitrogens with zero attached hydrogens (tertiary/aromatic N) is 3. The van der Waals surface area contributed by atoms with Crippen molar-refractivity contribution in [3.63, 3.8) is 0 Å². The van der Waals surface area contributed by atoms with Crippen LogP contribution in [0.25, 0.3) is 0 Å². The van der Waals surface area contributed by atoms with Gasteiger partial charge in [0.05, 0.1) is 5.56 Å². The molecule has 1 N–H and O–H groups in total. The minimum absolute atomic E-state index is 0.304. The summed E-state index contributed by atoms with van der Waals surface area (Å²) in [5.41, 5.74) is 1.85. The van der Waals surface area contributed by atoms with Gasteiger partial charge in [-0.3, -0.25) is 0 Å². The summed E-state index contributed by atoms with van der Waals surface area (Å²) in [6, 6.07) is 1.64. The summed E-state index contributed by atoms with van der Waals surface area (Å²) >= 11 is 0. The lowest BCUT2D eigenvalue weighted by molar-refractivity contribution is 0.0696.